The number of rotatable bonds is 5. The van der Waals surface area contributed by atoms with Crippen molar-refractivity contribution in [2.75, 3.05) is 11.5 Å². The Bertz CT molecular complexity index is 627. The number of carboxylic acid groups (broad SMARTS) is 1. The van der Waals surface area contributed by atoms with Gasteiger partial charge in [-0.05, 0) is 18.4 Å². The van der Waals surface area contributed by atoms with E-state index in [1.54, 1.807) is 12.1 Å². The normalized spacial score (nSPS) is 19.3. The third-order valence-corrected chi connectivity index (χ3v) is 5.54. The second-order valence-electron chi connectivity index (χ2n) is 5.52. The third kappa shape index (κ3) is 4.56. The number of hydrogen-bond donors (Lipinski definition) is 2. The van der Waals surface area contributed by atoms with Gasteiger partial charge in [0.2, 0.25) is 5.91 Å². The molecule has 1 saturated heterocycles. The summed E-state index contributed by atoms with van der Waals surface area (Å²) in [5, 5.41) is 11.8. The molecule has 1 fully saturated rings. The molecule has 6 nitrogen and oxygen atoms in total. The summed E-state index contributed by atoms with van der Waals surface area (Å²) in [4.78, 5) is 23.5. The highest BCUT2D eigenvalue weighted by Gasteiger charge is 2.30. The first-order chi connectivity index (χ1) is 10.4. The number of benzene rings is 1. The number of carbonyl (C=O) groups is 2. The van der Waals surface area contributed by atoms with Crippen molar-refractivity contribution in [3.05, 3.63) is 35.9 Å². The minimum Gasteiger partial charge on any atom is -0.480 e. The van der Waals surface area contributed by atoms with E-state index in [0.717, 1.165) is 5.56 Å². The fraction of sp³-hybridized carbons (Fsp3) is 0.467. The van der Waals surface area contributed by atoms with E-state index in [4.69, 9.17) is 0 Å². The van der Waals surface area contributed by atoms with Crippen LogP contribution in [-0.4, -0.2) is 42.9 Å². The largest absolute Gasteiger partial charge is 0.480 e. The molecule has 22 heavy (non-hydrogen) atoms. The lowest BCUT2D eigenvalue weighted by Gasteiger charge is -2.23. The summed E-state index contributed by atoms with van der Waals surface area (Å²) in [7, 11) is -3.04. The summed E-state index contributed by atoms with van der Waals surface area (Å²) in [5.74, 6) is -1.93. The molecule has 0 aromatic heterocycles. The van der Waals surface area contributed by atoms with Gasteiger partial charge in [-0.25, -0.2) is 13.2 Å². The highest BCUT2D eigenvalue weighted by atomic mass is 32.2. The third-order valence-electron chi connectivity index (χ3n) is 3.82. The number of nitrogens with one attached hydrogen (secondary N) is 1. The standard InChI is InChI=1S/C15H19NO5S/c17-14(12-6-8-22(20,21)9-7-12)16-13(15(18)19)10-11-4-2-1-3-5-11/h1-5,12-13H,6-10H2,(H,16,17)(H,18,19)/t13-/m1/s1. The van der Waals surface area contributed by atoms with Crippen LogP contribution in [-0.2, 0) is 25.8 Å². The Balaban J connectivity index is 1.96. The Hall–Kier alpha value is -1.89. The summed E-state index contributed by atoms with van der Waals surface area (Å²) in [6.45, 7) is 0. The van der Waals surface area contributed by atoms with Gasteiger partial charge in [-0.1, -0.05) is 30.3 Å². The summed E-state index contributed by atoms with van der Waals surface area (Å²) >= 11 is 0. The summed E-state index contributed by atoms with van der Waals surface area (Å²) in [5.41, 5.74) is 0.821. The topological polar surface area (TPSA) is 101 Å². The molecule has 7 heteroatoms. The van der Waals surface area contributed by atoms with Crippen LogP contribution in [0.2, 0.25) is 0 Å². The monoisotopic (exact) mass is 325 g/mol. The lowest BCUT2D eigenvalue weighted by atomic mass is 10.00. The number of carboxylic acids is 1. The van der Waals surface area contributed by atoms with Crippen molar-refractivity contribution in [3.8, 4) is 0 Å². The minimum atomic E-state index is -3.04. The number of aliphatic carboxylic acids is 1. The first-order valence-corrected chi connectivity index (χ1v) is 8.97. The molecule has 2 rings (SSSR count). The maximum Gasteiger partial charge on any atom is 0.326 e. The molecule has 1 aromatic rings. The van der Waals surface area contributed by atoms with E-state index in [1.165, 1.54) is 0 Å². The van der Waals surface area contributed by atoms with Crippen molar-refractivity contribution < 1.29 is 23.1 Å². The van der Waals surface area contributed by atoms with Gasteiger partial charge in [0.15, 0.2) is 0 Å². The molecule has 0 bridgehead atoms. The highest BCUT2D eigenvalue weighted by Crippen LogP contribution is 2.19. The zero-order valence-corrected chi connectivity index (χ0v) is 12.9. The molecule has 1 heterocycles. The molecule has 0 aliphatic carbocycles. The highest BCUT2D eigenvalue weighted by molar-refractivity contribution is 7.91. The molecule has 0 radical (unpaired) electrons. The van der Waals surface area contributed by atoms with Crippen LogP contribution < -0.4 is 5.32 Å². The number of sulfone groups is 1. The second-order valence-corrected chi connectivity index (χ2v) is 7.82. The van der Waals surface area contributed by atoms with E-state index < -0.39 is 27.8 Å². The van der Waals surface area contributed by atoms with Gasteiger partial charge in [-0.15, -0.1) is 0 Å². The molecule has 1 aliphatic heterocycles. The molecule has 0 saturated carbocycles. The van der Waals surface area contributed by atoms with Crippen LogP contribution in [0.25, 0.3) is 0 Å². The first kappa shape index (κ1) is 16.5. The van der Waals surface area contributed by atoms with Gasteiger partial charge >= 0.3 is 5.97 Å². The predicted octanol–water partition coefficient (Wildman–Crippen LogP) is 0.623. The predicted molar refractivity (Wildman–Crippen MR) is 81.1 cm³/mol. The van der Waals surface area contributed by atoms with Crippen LogP contribution >= 0.6 is 0 Å². The average Bonchev–Trinajstić information content (AvgIpc) is 2.47. The van der Waals surface area contributed by atoms with Gasteiger partial charge in [0, 0.05) is 12.3 Å². The van der Waals surface area contributed by atoms with Crippen LogP contribution in [0.1, 0.15) is 18.4 Å². The van der Waals surface area contributed by atoms with Gasteiger partial charge < -0.3 is 10.4 Å². The smallest absolute Gasteiger partial charge is 0.326 e. The van der Waals surface area contributed by atoms with Crippen LogP contribution in [0, 0.1) is 5.92 Å². The van der Waals surface area contributed by atoms with E-state index in [-0.39, 0.29) is 36.7 Å². The number of carbonyl (C=O) groups excluding carboxylic acids is 1. The maximum atomic E-state index is 12.1. The average molecular weight is 325 g/mol. The molecule has 1 atom stereocenters. The summed E-state index contributed by atoms with van der Waals surface area (Å²) < 4.78 is 22.7. The van der Waals surface area contributed by atoms with Crippen molar-refractivity contribution in [1.29, 1.82) is 0 Å². The van der Waals surface area contributed by atoms with Crippen LogP contribution in [0.4, 0.5) is 0 Å². The molecule has 0 unspecified atom stereocenters. The number of amides is 1. The molecular formula is C15H19NO5S. The fourth-order valence-electron chi connectivity index (χ4n) is 2.49. The van der Waals surface area contributed by atoms with Crippen LogP contribution in [0.5, 0.6) is 0 Å². The summed E-state index contributed by atoms with van der Waals surface area (Å²) in [6.07, 6.45) is 0.713. The Morgan fingerprint density at radius 2 is 1.77 bits per heavy atom. The van der Waals surface area contributed by atoms with Crippen molar-refractivity contribution in [3.63, 3.8) is 0 Å². The van der Waals surface area contributed by atoms with Crippen molar-refractivity contribution in [2.45, 2.75) is 25.3 Å². The van der Waals surface area contributed by atoms with Gasteiger partial charge in [-0.3, -0.25) is 4.79 Å². The van der Waals surface area contributed by atoms with Gasteiger partial charge in [-0.2, -0.15) is 0 Å². The Morgan fingerprint density at radius 3 is 2.32 bits per heavy atom. The van der Waals surface area contributed by atoms with E-state index in [1.807, 2.05) is 18.2 Å². The Morgan fingerprint density at radius 1 is 1.18 bits per heavy atom. The lowest BCUT2D eigenvalue weighted by molar-refractivity contribution is -0.142. The van der Waals surface area contributed by atoms with E-state index in [9.17, 15) is 23.1 Å². The van der Waals surface area contributed by atoms with Crippen molar-refractivity contribution in [1.82, 2.24) is 5.32 Å². The molecule has 2 N–H and O–H groups in total. The van der Waals surface area contributed by atoms with E-state index in [0.29, 0.717) is 0 Å². The lowest BCUT2D eigenvalue weighted by Crippen LogP contribution is -2.46. The SMILES string of the molecule is O=C(N[C@H](Cc1ccccc1)C(=O)O)C1CCS(=O)(=O)CC1. The molecule has 1 aliphatic rings. The van der Waals surface area contributed by atoms with E-state index >= 15 is 0 Å². The summed E-state index contributed by atoms with van der Waals surface area (Å²) in [6, 6.07) is 8.04. The minimum absolute atomic E-state index is 0.0124. The quantitative estimate of drug-likeness (QED) is 0.827. The Kier molecular flexibility index (Phi) is 5.18. The zero-order valence-electron chi connectivity index (χ0n) is 12.1. The Labute approximate surface area is 129 Å². The van der Waals surface area contributed by atoms with Gasteiger partial charge in [0.25, 0.3) is 0 Å². The first-order valence-electron chi connectivity index (χ1n) is 7.15. The number of hydrogen-bond acceptors (Lipinski definition) is 4. The van der Waals surface area contributed by atoms with E-state index in [2.05, 4.69) is 5.32 Å². The van der Waals surface area contributed by atoms with Crippen molar-refractivity contribution in [2.24, 2.45) is 5.92 Å². The molecule has 120 valence electrons. The molecular weight excluding hydrogens is 306 g/mol. The fourth-order valence-corrected chi connectivity index (χ4v) is 3.98. The van der Waals surface area contributed by atoms with Gasteiger partial charge in [0.05, 0.1) is 11.5 Å². The van der Waals surface area contributed by atoms with Gasteiger partial charge in [0.1, 0.15) is 15.9 Å². The molecule has 1 aromatic carbocycles. The molecule has 0 spiro atoms. The van der Waals surface area contributed by atoms with Crippen LogP contribution in [0.15, 0.2) is 30.3 Å². The van der Waals surface area contributed by atoms with Crippen LogP contribution in [0.3, 0.4) is 0 Å². The zero-order chi connectivity index (χ0) is 16.2. The second kappa shape index (κ2) is 6.91. The van der Waals surface area contributed by atoms with Crippen molar-refractivity contribution >= 4 is 21.7 Å². The maximum absolute atomic E-state index is 12.1. The molecule has 1 amide bonds.